The van der Waals surface area contributed by atoms with Gasteiger partial charge in [0, 0.05) is 33.0 Å². The average molecular weight is 401 g/mol. The van der Waals surface area contributed by atoms with Crippen LogP contribution in [0.2, 0.25) is 0 Å². The zero-order valence-corrected chi connectivity index (χ0v) is 16.8. The largest absolute Gasteiger partial charge is 0.378 e. The van der Waals surface area contributed by atoms with E-state index in [-0.39, 0.29) is 18.0 Å². The molecule has 0 radical (unpaired) electrons. The minimum absolute atomic E-state index is 0.121. The van der Waals surface area contributed by atoms with Crippen LogP contribution in [0.3, 0.4) is 0 Å². The second-order valence-electron chi connectivity index (χ2n) is 8.73. The third-order valence-electron chi connectivity index (χ3n) is 6.61. The number of anilines is 1. The van der Waals surface area contributed by atoms with Crippen molar-refractivity contribution in [3.8, 4) is 0 Å². The molecule has 7 nitrogen and oxygen atoms in total. The predicted molar refractivity (Wildman–Crippen MR) is 105 cm³/mol. The number of hydrogen-bond donors (Lipinski definition) is 0. The second kappa shape index (κ2) is 7.99. The van der Waals surface area contributed by atoms with Crippen molar-refractivity contribution >= 4 is 5.69 Å². The van der Waals surface area contributed by atoms with E-state index in [4.69, 9.17) is 9.47 Å². The summed E-state index contributed by atoms with van der Waals surface area (Å²) in [5, 5.41) is 8.63. The quantitative estimate of drug-likeness (QED) is 0.711. The monoisotopic (exact) mass is 401 g/mol. The number of nitrogens with zero attached hydrogens (tertiary/aromatic N) is 5. The van der Waals surface area contributed by atoms with Crippen LogP contribution < -0.4 is 4.90 Å². The number of pyridine rings is 1. The molecule has 0 N–H and O–H groups in total. The van der Waals surface area contributed by atoms with Crippen LogP contribution in [0, 0.1) is 23.6 Å². The summed E-state index contributed by atoms with van der Waals surface area (Å²) in [6.45, 7) is 3.02. The number of rotatable bonds is 7. The van der Waals surface area contributed by atoms with E-state index in [1.807, 2.05) is 10.9 Å². The van der Waals surface area contributed by atoms with Crippen molar-refractivity contribution in [2.75, 3.05) is 31.7 Å². The van der Waals surface area contributed by atoms with Crippen molar-refractivity contribution in [3.05, 3.63) is 36.2 Å². The number of methoxy groups -OCH3 is 1. The molecule has 0 spiro atoms. The molecular formula is C21H28FN5O2. The maximum absolute atomic E-state index is 14.3. The fourth-order valence-corrected chi connectivity index (χ4v) is 4.90. The highest BCUT2D eigenvalue weighted by Crippen LogP contribution is 2.44. The summed E-state index contributed by atoms with van der Waals surface area (Å²) in [5.41, 5.74) is 1.49. The van der Waals surface area contributed by atoms with Gasteiger partial charge in [0.05, 0.1) is 36.8 Å². The zero-order chi connectivity index (χ0) is 19.8. The van der Waals surface area contributed by atoms with Gasteiger partial charge in [0.25, 0.3) is 0 Å². The van der Waals surface area contributed by atoms with Crippen LogP contribution in [0.4, 0.5) is 10.1 Å². The molecule has 1 saturated heterocycles. The lowest BCUT2D eigenvalue weighted by atomic mass is 9.77. The molecule has 2 aliphatic carbocycles. The normalized spacial score (nSPS) is 29.2. The first-order chi connectivity index (χ1) is 14.2. The maximum atomic E-state index is 14.3. The summed E-state index contributed by atoms with van der Waals surface area (Å²) in [7, 11) is 1.66. The summed E-state index contributed by atoms with van der Waals surface area (Å²) in [6, 6.07) is 1.94. The Balaban J connectivity index is 1.34. The van der Waals surface area contributed by atoms with E-state index in [1.165, 1.54) is 19.0 Å². The summed E-state index contributed by atoms with van der Waals surface area (Å²) < 4.78 is 27.8. The number of aromatic nitrogens is 4. The van der Waals surface area contributed by atoms with Crippen LogP contribution >= 0.6 is 0 Å². The first-order valence-electron chi connectivity index (χ1n) is 10.6. The van der Waals surface area contributed by atoms with Crippen molar-refractivity contribution in [1.82, 2.24) is 20.0 Å². The van der Waals surface area contributed by atoms with Crippen molar-refractivity contribution in [2.45, 2.75) is 44.4 Å². The maximum Gasteiger partial charge on any atom is 0.164 e. The molecular weight excluding hydrogens is 373 g/mol. The van der Waals surface area contributed by atoms with Crippen molar-refractivity contribution < 1.29 is 13.9 Å². The summed E-state index contributed by atoms with van der Waals surface area (Å²) >= 11 is 0. The molecule has 2 aromatic rings. The second-order valence-corrected chi connectivity index (χ2v) is 8.73. The Labute approximate surface area is 170 Å². The molecule has 2 saturated carbocycles. The van der Waals surface area contributed by atoms with Crippen molar-refractivity contribution in [1.29, 1.82) is 0 Å². The van der Waals surface area contributed by atoms with Gasteiger partial charge >= 0.3 is 0 Å². The lowest BCUT2D eigenvalue weighted by Crippen LogP contribution is -2.38. The summed E-state index contributed by atoms with van der Waals surface area (Å²) in [6.07, 6.45) is 9.57. The van der Waals surface area contributed by atoms with E-state index in [0.717, 1.165) is 44.1 Å². The standard InChI is InChI=1S/C21H28FN5O2/c1-28-13-17-11-27(25-24-17)20-6-15-9-26(19-4-5-23-8-18(19)22)10-16(15)7-21(20)29-12-14-2-3-14/h4-5,8,11,14-16,20-21H,2-3,6-7,9-10,12-13H2,1H3/t15-,16+,20-,21-/m1/s1. The number of fused-ring (bicyclic) bond motifs is 1. The first kappa shape index (κ1) is 18.9. The van der Waals surface area contributed by atoms with Crippen LogP contribution in [0.1, 0.15) is 37.4 Å². The van der Waals surface area contributed by atoms with E-state index in [2.05, 4.69) is 20.2 Å². The molecule has 0 bridgehead atoms. The van der Waals surface area contributed by atoms with Crippen LogP contribution in [0.5, 0.6) is 0 Å². The van der Waals surface area contributed by atoms with Gasteiger partial charge in [-0.05, 0) is 49.5 Å². The highest BCUT2D eigenvalue weighted by Gasteiger charge is 2.44. The smallest absolute Gasteiger partial charge is 0.164 e. The lowest BCUT2D eigenvalue weighted by molar-refractivity contribution is -0.0375. The fraction of sp³-hybridized carbons (Fsp3) is 0.667. The summed E-state index contributed by atoms with van der Waals surface area (Å²) in [4.78, 5) is 6.06. The third-order valence-corrected chi connectivity index (χ3v) is 6.61. The molecule has 8 heteroatoms. The van der Waals surface area contributed by atoms with Crippen molar-refractivity contribution in [3.63, 3.8) is 0 Å². The molecule has 0 aromatic carbocycles. The van der Waals surface area contributed by atoms with Gasteiger partial charge in [-0.1, -0.05) is 5.21 Å². The third kappa shape index (κ3) is 4.00. The Kier molecular flexibility index (Phi) is 5.22. The van der Waals surface area contributed by atoms with Gasteiger partial charge in [-0.15, -0.1) is 5.10 Å². The Morgan fingerprint density at radius 3 is 2.79 bits per heavy atom. The Hall–Kier alpha value is -2.06. The van der Waals surface area contributed by atoms with Gasteiger partial charge in [0.15, 0.2) is 5.82 Å². The zero-order valence-electron chi connectivity index (χ0n) is 16.8. The minimum Gasteiger partial charge on any atom is -0.378 e. The molecule has 3 fully saturated rings. The van der Waals surface area contributed by atoms with Crippen LogP contribution in [0.15, 0.2) is 24.7 Å². The highest BCUT2D eigenvalue weighted by molar-refractivity contribution is 5.47. The van der Waals surface area contributed by atoms with Gasteiger partial charge in [0.1, 0.15) is 5.69 Å². The van der Waals surface area contributed by atoms with E-state index >= 15 is 0 Å². The number of ether oxygens (including phenoxy) is 2. The van der Waals surface area contributed by atoms with E-state index in [0.29, 0.717) is 24.1 Å². The summed E-state index contributed by atoms with van der Waals surface area (Å²) in [5.74, 6) is 1.47. The Morgan fingerprint density at radius 1 is 1.21 bits per heavy atom. The molecule has 0 unspecified atom stereocenters. The molecule has 156 valence electrons. The van der Waals surface area contributed by atoms with E-state index in [1.54, 1.807) is 19.4 Å². The van der Waals surface area contributed by atoms with Gasteiger partial charge in [-0.2, -0.15) is 0 Å². The van der Waals surface area contributed by atoms with Gasteiger partial charge in [-0.25, -0.2) is 9.07 Å². The van der Waals surface area contributed by atoms with Gasteiger partial charge in [-0.3, -0.25) is 4.98 Å². The number of halogens is 1. The Morgan fingerprint density at radius 2 is 2.03 bits per heavy atom. The molecule has 3 aliphatic rings. The molecule has 3 heterocycles. The van der Waals surface area contributed by atoms with Gasteiger partial charge < -0.3 is 14.4 Å². The molecule has 1 aliphatic heterocycles. The molecule has 2 aromatic heterocycles. The number of hydrogen-bond acceptors (Lipinski definition) is 6. The van der Waals surface area contributed by atoms with Gasteiger partial charge in [0.2, 0.25) is 0 Å². The van der Waals surface area contributed by atoms with Crippen LogP contribution in [-0.2, 0) is 16.1 Å². The van der Waals surface area contributed by atoms with E-state index in [9.17, 15) is 4.39 Å². The minimum atomic E-state index is -0.246. The average Bonchev–Trinajstić information content (AvgIpc) is 3.28. The topological polar surface area (TPSA) is 65.3 Å². The van der Waals surface area contributed by atoms with Crippen molar-refractivity contribution in [2.24, 2.45) is 17.8 Å². The molecule has 5 rings (SSSR count). The Bertz CT molecular complexity index is 842. The fourth-order valence-electron chi connectivity index (χ4n) is 4.90. The molecule has 4 atom stereocenters. The highest BCUT2D eigenvalue weighted by atomic mass is 19.1. The lowest BCUT2D eigenvalue weighted by Gasteiger charge is -2.37. The first-order valence-corrected chi connectivity index (χ1v) is 10.6. The SMILES string of the molecule is COCc1cn([C@@H]2C[C@@H]3CN(c4ccncc4F)C[C@@H]3C[C@H]2OCC2CC2)nn1. The van der Waals surface area contributed by atoms with E-state index < -0.39 is 0 Å². The van der Waals surface area contributed by atoms with Crippen LogP contribution in [0.25, 0.3) is 0 Å². The predicted octanol–water partition coefficient (Wildman–Crippen LogP) is 2.84. The molecule has 29 heavy (non-hydrogen) atoms. The van der Waals surface area contributed by atoms with Crippen LogP contribution in [-0.4, -0.2) is 52.9 Å². The molecule has 0 amide bonds.